The summed E-state index contributed by atoms with van der Waals surface area (Å²) in [7, 11) is 0. The fraction of sp³-hybridized carbons (Fsp3) is 0.500. The van der Waals surface area contributed by atoms with Gasteiger partial charge in [-0.2, -0.15) is 0 Å². The molecule has 1 aliphatic rings. The van der Waals surface area contributed by atoms with E-state index >= 15 is 4.39 Å². The molecule has 0 aliphatic carbocycles. The first-order chi connectivity index (χ1) is 14.4. The van der Waals surface area contributed by atoms with E-state index < -0.39 is 28.9 Å². The Labute approximate surface area is 179 Å². The lowest BCUT2D eigenvalue weighted by Gasteiger charge is -2.24. The summed E-state index contributed by atoms with van der Waals surface area (Å²) in [6.07, 6.45) is 1.40. The van der Waals surface area contributed by atoms with Crippen molar-refractivity contribution in [1.82, 2.24) is 9.88 Å². The van der Waals surface area contributed by atoms with Gasteiger partial charge in [-0.25, -0.2) is 14.0 Å². The van der Waals surface area contributed by atoms with Crippen LogP contribution in [0.3, 0.4) is 0 Å². The van der Waals surface area contributed by atoms with Crippen molar-refractivity contribution >= 4 is 28.7 Å². The largest absolute Gasteiger partial charge is 0.477 e. The van der Waals surface area contributed by atoms with Crippen molar-refractivity contribution in [2.45, 2.75) is 59.2 Å². The predicted octanol–water partition coefficient (Wildman–Crippen LogP) is 3.27. The van der Waals surface area contributed by atoms with Gasteiger partial charge < -0.3 is 24.6 Å². The molecule has 9 heteroatoms. The van der Waals surface area contributed by atoms with Crippen LogP contribution in [-0.2, 0) is 11.3 Å². The molecule has 0 radical (unpaired) electrons. The highest BCUT2D eigenvalue weighted by Gasteiger charge is 2.29. The number of ether oxygens (including phenoxy) is 1. The van der Waals surface area contributed by atoms with Crippen LogP contribution >= 0.6 is 0 Å². The maximum absolute atomic E-state index is 15.3. The van der Waals surface area contributed by atoms with Gasteiger partial charge in [-0.15, -0.1) is 0 Å². The highest BCUT2D eigenvalue weighted by atomic mass is 19.1. The molecule has 2 N–H and O–H groups in total. The monoisotopic (exact) mass is 433 g/mol. The van der Waals surface area contributed by atoms with Gasteiger partial charge in [0.05, 0.1) is 22.6 Å². The van der Waals surface area contributed by atoms with E-state index in [9.17, 15) is 19.5 Å². The molecule has 168 valence electrons. The Kier molecular flexibility index (Phi) is 5.98. The number of hydrogen-bond acceptors (Lipinski definition) is 5. The Morgan fingerprint density at radius 1 is 1.35 bits per heavy atom. The summed E-state index contributed by atoms with van der Waals surface area (Å²) in [6.45, 7) is 9.99. The number of benzene rings is 1. The number of halogens is 1. The van der Waals surface area contributed by atoms with Gasteiger partial charge in [-0.3, -0.25) is 4.79 Å². The Balaban J connectivity index is 1.96. The van der Waals surface area contributed by atoms with E-state index in [1.165, 1.54) is 13.1 Å². The van der Waals surface area contributed by atoms with E-state index in [-0.39, 0.29) is 22.6 Å². The maximum Gasteiger partial charge on any atom is 0.407 e. The van der Waals surface area contributed by atoms with Crippen LogP contribution in [0.2, 0.25) is 0 Å². The van der Waals surface area contributed by atoms with Crippen molar-refractivity contribution in [3.63, 3.8) is 0 Å². The molecule has 31 heavy (non-hydrogen) atoms. The lowest BCUT2D eigenvalue weighted by molar-refractivity contribution is 0.0508. The molecule has 1 fully saturated rings. The van der Waals surface area contributed by atoms with E-state index in [0.29, 0.717) is 37.3 Å². The zero-order valence-corrected chi connectivity index (χ0v) is 18.4. The molecule has 2 heterocycles. The highest BCUT2D eigenvalue weighted by molar-refractivity contribution is 5.95. The molecule has 3 rings (SSSR count). The third-order valence-corrected chi connectivity index (χ3v) is 5.35. The first-order valence-electron chi connectivity index (χ1n) is 10.3. The number of carbonyl (C=O) groups is 2. The first-order valence-corrected chi connectivity index (χ1v) is 10.3. The third kappa shape index (κ3) is 4.50. The predicted molar refractivity (Wildman–Crippen MR) is 116 cm³/mol. The van der Waals surface area contributed by atoms with Crippen molar-refractivity contribution in [2.75, 3.05) is 18.0 Å². The van der Waals surface area contributed by atoms with Gasteiger partial charge >= 0.3 is 12.1 Å². The van der Waals surface area contributed by atoms with Crippen LogP contribution in [0.25, 0.3) is 10.9 Å². The minimum absolute atomic E-state index is 0.0747. The van der Waals surface area contributed by atoms with Crippen molar-refractivity contribution in [3.8, 4) is 0 Å². The van der Waals surface area contributed by atoms with Gasteiger partial charge in [0.15, 0.2) is 0 Å². The van der Waals surface area contributed by atoms with Crippen molar-refractivity contribution in [3.05, 3.63) is 39.4 Å². The number of amides is 1. The second-order valence-corrected chi connectivity index (χ2v) is 8.77. The van der Waals surface area contributed by atoms with Gasteiger partial charge in [0.1, 0.15) is 17.0 Å². The van der Waals surface area contributed by atoms with Crippen LogP contribution < -0.4 is 15.6 Å². The quantitative estimate of drug-likeness (QED) is 0.768. The van der Waals surface area contributed by atoms with Gasteiger partial charge in [-0.1, -0.05) is 0 Å². The normalized spacial score (nSPS) is 16.6. The Bertz CT molecular complexity index is 1100. The fourth-order valence-corrected chi connectivity index (χ4v) is 3.91. The average Bonchev–Trinajstić information content (AvgIpc) is 3.10. The molecule has 1 aliphatic heterocycles. The number of nitrogens with one attached hydrogen (secondary N) is 1. The van der Waals surface area contributed by atoms with E-state index in [1.54, 1.807) is 31.4 Å². The summed E-state index contributed by atoms with van der Waals surface area (Å²) in [4.78, 5) is 38.0. The van der Waals surface area contributed by atoms with Crippen molar-refractivity contribution in [2.24, 2.45) is 0 Å². The number of aromatic nitrogens is 1. The SMILES string of the molecule is CCn1cc(C(=O)O)c(=O)c2c(C)c(F)c(N3CCC(NC(=O)OC(C)(C)C)C3)cc21. The number of pyridine rings is 1. The summed E-state index contributed by atoms with van der Waals surface area (Å²) in [5, 5.41) is 12.2. The van der Waals surface area contributed by atoms with Gasteiger partial charge in [0.25, 0.3) is 0 Å². The molecule has 1 saturated heterocycles. The summed E-state index contributed by atoms with van der Waals surface area (Å²) in [5.74, 6) is -1.90. The first kappa shape index (κ1) is 22.6. The molecular formula is C22H28FN3O5. The van der Waals surface area contributed by atoms with Gasteiger partial charge in [-0.05, 0) is 47.1 Å². The number of aryl methyl sites for hydroxylation is 2. The number of fused-ring (bicyclic) bond motifs is 1. The maximum atomic E-state index is 15.3. The Morgan fingerprint density at radius 2 is 2.03 bits per heavy atom. The molecule has 1 aromatic heterocycles. The second-order valence-electron chi connectivity index (χ2n) is 8.77. The van der Waals surface area contributed by atoms with Gasteiger partial charge in [0.2, 0.25) is 5.43 Å². The third-order valence-electron chi connectivity index (χ3n) is 5.35. The van der Waals surface area contributed by atoms with Gasteiger partial charge in [0, 0.05) is 31.4 Å². The molecule has 1 amide bonds. The summed E-state index contributed by atoms with van der Waals surface area (Å²) < 4.78 is 22.2. The molecule has 1 atom stereocenters. The zero-order chi connectivity index (χ0) is 23.1. The number of aromatic carboxylic acids is 1. The number of carboxylic acid groups (broad SMARTS) is 1. The van der Waals surface area contributed by atoms with Crippen LogP contribution in [0.15, 0.2) is 17.1 Å². The number of anilines is 1. The van der Waals surface area contributed by atoms with Crippen molar-refractivity contribution in [1.29, 1.82) is 0 Å². The molecule has 0 saturated carbocycles. The smallest absolute Gasteiger partial charge is 0.407 e. The molecule has 1 aromatic carbocycles. The number of carboxylic acids is 1. The van der Waals surface area contributed by atoms with Crippen LogP contribution in [0, 0.1) is 12.7 Å². The zero-order valence-electron chi connectivity index (χ0n) is 18.4. The lowest BCUT2D eigenvalue weighted by Crippen LogP contribution is -2.40. The number of nitrogens with zero attached hydrogens (tertiary/aromatic N) is 2. The van der Waals surface area contributed by atoms with E-state index in [4.69, 9.17) is 4.74 Å². The Morgan fingerprint density at radius 3 is 2.61 bits per heavy atom. The standard InChI is InChI=1S/C22H28FN3O5/c1-6-25-11-14(20(28)29)19(27)17-12(2)18(23)16(9-15(17)25)26-8-7-13(10-26)24-21(30)31-22(3,4)5/h9,11,13H,6-8,10H2,1-5H3,(H,24,30)(H,28,29). The van der Waals surface area contributed by atoms with Crippen LogP contribution in [0.5, 0.6) is 0 Å². The highest BCUT2D eigenvalue weighted by Crippen LogP contribution is 2.31. The lowest BCUT2D eigenvalue weighted by atomic mass is 10.0. The van der Waals surface area contributed by atoms with Crippen LogP contribution in [-0.4, -0.2) is 46.5 Å². The van der Waals surface area contributed by atoms with Crippen LogP contribution in [0.1, 0.15) is 50.0 Å². The molecule has 8 nitrogen and oxygen atoms in total. The van der Waals surface area contributed by atoms with E-state index in [2.05, 4.69) is 5.32 Å². The second kappa shape index (κ2) is 8.20. The molecule has 2 aromatic rings. The molecule has 1 unspecified atom stereocenters. The van der Waals surface area contributed by atoms with E-state index in [0.717, 1.165) is 0 Å². The summed E-state index contributed by atoms with van der Waals surface area (Å²) >= 11 is 0. The van der Waals surface area contributed by atoms with Crippen molar-refractivity contribution < 1.29 is 23.8 Å². The molecular weight excluding hydrogens is 405 g/mol. The average molecular weight is 433 g/mol. The number of carbonyl (C=O) groups excluding carboxylic acids is 1. The minimum atomic E-state index is -1.34. The molecule has 0 spiro atoms. The van der Waals surface area contributed by atoms with E-state index in [1.807, 2.05) is 11.8 Å². The summed E-state index contributed by atoms with van der Waals surface area (Å²) in [5.41, 5.74) is -0.763. The topological polar surface area (TPSA) is 101 Å². The Hall–Kier alpha value is -3.10. The fourth-order valence-electron chi connectivity index (χ4n) is 3.91. The van der Waals surface area contributed by atoms with Crippen LogP contribution in [0.4, 0.5) is 14.9 Å². The minimum Gasteiger partial charge on any atom is -0.477 e. The number of alkyl carbamates (subject to hydrolysis) is 1. The molecule has 0 bridgehead atoms. The number of rotatable bonds is 4. The summed E-state index contributed by atoms with van der Waals surface area (Å²) in [6, 6.07) is 1.39. The number of hydrogen-bond donors (Lipinski definition) is 2.